The molecule has 2 amide bonds. The molecule has 0 radical (unpaired) electrons. The molecule has 2 aliphatic rings. The number of ether oxygens (including phenoxy) is 1. The van der Waals surface area contributed by atoms with Crippen LogP contribution in [0.4, 0.5) is 24.8 Å². The number of carbonyl (C=O) groups excluding carboxylic acids is 2. The summed E-state index contributed by atoms with van der Waals surface area (Å²) in [6, 6.07) is 5.62. The quantitative estimate of drug-likeness (QED) is 0.315. The second kappa shape index (κ2) is 10.7. The van der Waals surface area contributed by atoms with Gasteiger partial charge in [0, 0.05) is 49.2 Å². The summed E-state index contributed by atoms with van der Waals surface area (Å²) in [6.45, 7) is 2.54. The number of piperidine rings is 1. The van der Waals surface area contributed by atoms with Crippen molar-refractivity contribution in [2.75, 3.05) is 24.2 Å². The molecular weight excluding hydrogens is 589 g/mol. The predicted molar refractivity (Wildman–Crippen MR) is 152 cm³/mol. The summed E-state index contributed by atoms with van der Waals surface area (Å²) in [7, 11) is 1.14. The van der Waals surface area contributed by atoms with Crippen molar-refractivity contribution >= 4 is 40.6 Å². The third-order valence-corrected chi connectivity index (χ3v) is 8.23. The Balaban J connectivity index is 1.38. The van der Waals surface area contributed by atoms with Crippen LogP contribution in [0, 0.1) is 0 Å². The van der Waals surface area contributed by atoms with Crippen LogP contribution in [0.3, 0.4) is 0 Å². The standard InChI is InChI=1S/C28H28ClF3N8O3/c1-3-43-18-10-14(27(42)35-21-11-19(28(30,31)32)38(2)37-21)5-8-17(18)23-24-25(33)34-12-20(29)40(24)26(36-23)15-4-6-16-7-9-22(41)39(16)13-15/h5,8,10-12,15-16H,3-4,6-7,9,13H2,1-2H3,(H2,33,34)(H,35,37,42). The van der Waals surface area contributed by atoms with Crippen LogP contribution < -0.4 is 15.8 Å². The molecule has 2 atom stereocenters. The molecule has 0 saturated carbocycles. The van der Waals surface area contributed by atoms with Gasteiger partial charge in [-0.1, -0.05) is 11.6 Å². The molecule has 3 N–H and O–H groups in total. The van der Waals surface area contributed by atoms with Crippen LogP contribution in [0.25, 0.3) is 16.8 Å². The number of hydrogen-bond donors (Lipinski definition) is 2. The summed E-state index contributed by atoms with van der Waals surface area (Å²) in [4.78, 5) is 36.7. The van der Waals surface area contributed by atoms with Crippen LogP contribution in [-0.2, 0) is 18.0 Å². The number of amides is 2. The van der Waals surface area contributed by atoms with Gasteiger partial charge in [-0.2, -0.15) is 18.3 Å². The Morgan fingerprint density at radius 3 is 2.74 bits per heavy atom. The second-order valence-electron chi connectivity index (χ2n) is 10.6. The highest BCUT2D eigenvalue weighted by Crippen LogP contribution is 2.41. The maximum absolute atomic E-state index is 13.2. The minimum atomic E-state index is -4.62. The van der Waals surface area contributed by atoms with E-state index in [9.17, 15) is 22.8 Å². The lowest BCUT2D eigenvalue weighted by Crippen LogP contribution is -2.41. The molecular formula is C28H28ClF3N8O3. The number of halogens is 4. The zero-order valence-corrected chi connectivity index (χ0v) is 24.0. The van der Waals surface area contributed by atoms with E-state index in [0.29, 0.717) is 51.1 Å². The van der Waals surface area contributed by atoms with Crippen LogP contribution in [0.15, 0.2) is 30.5 Å². The number of nitrogen functional groups attached to an aromatic ring is 1. The lowest BCUT2D eigenvalue weighted by Gasteiger charge is -2.34. The number of fused-ring (bicyclic) bond motifs is 2. The molecule has 11 nitrogen and oxygen atoms in total. The lowest BCUT2D eigenvalue weighted by atomic mass is 9.92. The van der Waals surface area contributed by atoms with E-state index in [0.717, 1.165) is 32.4 Å². The Bertz CT molecular complexity index is 1750. The zero-order valence-electron chi connectivity index (χ0n) is 23.3. The number of benzene rings is 1. The van der Waals surface area contributed by atoms with Crippen molar-refractivity contribution in [3.05, 3.63) is 52.7 Å². The number of aromatic nitrogens is 5. The van der Waals surface area contributed by atoms with Crippen molar-refractivity contribution in [3.63, 3.8) is 0 Å². The highest BCUT2D eigenvalue weighted by molar-refractivity contribution is 6.30. The lowest BCUT2D eigenvalue weighted by molar-refractivity contribution is -0.143. The molecule has 0 spiro atoms. The van der Waals surface area contributed by atoms with Gasteiger partial charge in [0.2, 0.25) is 5.91 Å². The summed E-state index contributed by atoms with van der Waals surface area (Å²) in [5.74, 6) is 0.246. The van der Waals surface area contributed by atoms with E-state index in [1.165, 1.54) is 18.3 Å². The van der Waals surface area contributed by atoms with Gasteiger partial charge in [0.25, 0.3) is 5.91 Å². The van der Waals surface area contributed by atoms with Gasteiger partial charge in [-0.05, 0) is 44.4 Å². The van der Waals surface area contributed by atoms with Crippen LogP contribution in [0.5, 0.6) is 5.75 Å². The number of nitrogens with zero attached hydrogens (tertiary/aromatic N) is 6. The number of nitrogens with one attached hydrogen (secondary N) is 1. The minimum Gasteiger partial charge on any atom is -0.493 e. The number of imidazole rings is 1. The normalized spacial score (nSPS) is 18.7. The molecule has 5 heterocycles. The summed E-state index contributed by atoms with van der Waals surface area (Å²) in [5, 5.41) is 6.46. The number of anilines is 2. The van der Waals surface area contributed by atoms with Gasteiger partial charge < -0.3 is 20.7 Å². The zero-order chi connectivity index (χ0) is 30.6. The Morgan fingerprint density at radius 2 is 2.02 bits per heavy atom. The fourth-order valence-corrected chi connectivity index (χ4v) is 6.21. The van der Waals surface area contributed by atoms with Gasteiger partial charge in [-0.15, -0.1) is 0 Å². The largest absolute Gasteiger partial charge is 0.493 e. The van der Waals surface area contributed by atoms with E-state index in [1.54, 1.807) is 17.4 Å². The van der Waals surface area contributed by atoms with Crippen LogP contribution in [0.2, 0.25) is 5.15 Å². The number of aryl methyl sites for hydroxylation is 1. The molecule has 15 heteroatoms. The first-order valence-electron chi connectivity index (χ1n) is 13.8. The molecule has 2 fully saturated rings. The average molecular weight is 617 g/mol. The topological polar surface area (TPSA) is 133 Å². The molecule has 2 saturated heterocycles. The highest BCUT2D eigenvalue weighted by Gasteiger charge is 2.39. The first-order valence-corrected chi connectivity index (χ1v) is 14.2. The summed E-state index contributed by atoms with van der Waals surface area (Å²) in [6.07, 6.45) is -0.101. The van der Waals surface area contributed by atoms with Gasteiger partial charge >= 0.3 is 6.18 Å². The van der Waals surface area contributed by atoms with Gasteiger partial charge in [-0.25, -0.2) is 9.97 Å². The van der Waals surface area contributed by atoms with Gasteiger partial charge in [0.05, 0.1) is 12.8 Å². The number of rotatable bonds is 6. The van der Waals surface area contributed by atoms with Crippen molar-refractivity contribution in [1.82, 2.24) is 29.0 Å². The molecule has 0 bridgehead atoms. The first kappa shape index (κ1) is 28.8. The fourth-order valence-electron chi connectivity index (χ4n) is 5.99. The van der Waals surface area contributed by atoms with Crippen LogP contribution >= 0.6 is 11.6 Å². The average Bonchev–Trinajstić information content (AvgIpc) is 3.66. The van der Waals surface area contributed by atoms with Gasteiger partial charge in [0.15, 0.2) is 5.82 Å². The summed E-state index contributed by atoms with van der Waals surface area (Å²) < 4.78 is 47.9. The first-order chi connectivity index (χ1) is 20.5. The van der Waals surface area contributed by atoms with Crippen molar-refractivity contribution in [1.29, 1.82) is 0 Å². The van der Waals surface area contributed by atoms with E-state index in [-0.39, 0.29) is 41.7 Å². The third-order valence-electron chi connectivity index (χ3n) is 7.96. The molecule has 226 valence electrons. The minimum absolute atomic E-state index is 0.0978. The molecule has 4 aromatic rings. The predicted octanol–water partition coefficient (Wildman–Crippen LogP) is 4.90. The highest BCUT2D eigenvalue weighted by atomic mass is 35.5. The van der Waals surface area contributed by atoms with E-state index in [1.807, 2.05) is 4.90 Å². The Kier molecular flexibility index (Phi) is 7.19. The Labute approximate surface area is 248 Å². The number of hydrogen-bond acceptors (Lipinski definition) is 7. The van der Waals surface area contributed by atoms with Crippen molar-refractivity contribution < 1.29 is 27.5 Å². The second-order valence-corrected chi connectivity index (χ2v) is 11.0. The van der Waals surface area contributed by atoms with E-state index in [4.69, 9.17) is 27.1 Å². The van der Waals surface area contributed by atoms with Crippen molar-refractivity contribution in [2.45, 2.75) is 50.7 Å². The number of carbonyl (C=O) groups is 2. The maximum atomic E-state index is 13.2. The number of nitrogens with two attached hydrogens (primary N) is 1. The molecule has 1 aromatic carbocycles. The SMILES string of the molecule is CCOc1cc(C(=O)Nc2cc(C(F)(F)F)n(C)n2)ccc1-c1nc(C2CCC3CCC(=O)N3C2)n2c(Cl)cnc(N)c12. The Morgan fingerprint density at radius 1 is 1.23 bits per heavy atom. The molecule has 43 heavy (non-hydrogen) atoms. The van der Waals surface area contributed by atoms with Crippen molar-refractivity contribution in [3.8, 4) is 17.0 Å². The molecule has 3 aromatic heterocycles. The number of alkyl halides is 3. The molecule has 6 rings (SSSR count). The molecule has 0 aliphatic carbocycles. The van der Waals surface area contributed by atoms with Gasteiger partial charge in [-0.3, -0.25) is 18.7 Å². The van der Waals surface area contributed by atoms with Crippen molar-refractivity contribution in [2.24, 2.45) is 7.05 Å². The smallest absolute Gasteiger partial charge is 0.433 e. The maximum Gasteiger partial charge on any atom is 0.433 e. The van der Waals surface area contributed by atoms with Crippen LogP contribution in [0.1, 0.15) is 60.4 Å². The summed E-state index contributed by atoms with van der Waals surface area (Å²) >= 11 is 6.64. The van der Waals surface area contributed by atoms with Crippen LogP contribution in [-0.4, -0.2) is 60.1 Å². The van der Waals surface area contributed by atoms with E-state index in [2.05, 4.69) is 15.4 Å². The molecule has 2 unspecified atom stereocenters. The molecule has 2 aliphatic heterocycles. The fraction of sp³-hybridized carbons (Fsp3) is 0.393. The summed E-state index contributed by atoms with van der Waals surface area (Å²) in [5.41, 5.74) is 6.90. The van der Waals surface area contributed by atoms with Gasteiger partial charge in [0.1, 0.15) is 39.4 Å². The van der Waals surface area contributed by atoms with E-state index < -0.39 is 17.8 Å². The third kappa shape index (κ3) is 5.13. The Hall–Kier alpha value is -4.33. The monoisotopic (exact) mass is 616 g/mol. The van der Waals surface area contributed by atoms with E-state index >= 15 is 0 Å².